The Kier molecular flexibility index (Phi) is 3.62. The summed E-state index contributed by atoms with van der Waals surface area (Å²) in [5.41, 5.74) is 3.03. The van der Waals surface area contributed by atoms with Crippen molar-refractivity contribution in [3.63, 3.8) is 0 Å². The van der Waals surface area contributed by atoms with Gasteiger partial charge in [-0.25, -0.2) is 0 Å². The van der Waals surface area contributed by atoms with Crippen LogP contribution in [0.2, 0.25) is 0 Å². The average Bonchev–Trinajstić information content (AvgIpc) is 2.98. The Morgan fingerprint density at radius 3 is 2.52 bits per heavy atom. The van der Waals surface area contributed by atoms with Crippen LogP contribution in [0.5, 0.6) is 0 Å². The predicted molar refractivity (Wildman–Crippen MR) is 87.1 cm³/mol. The molecule has 0 amide bonds. The summed E-state index contributed by atoms with van der Waals surface area (Å²) in [6.45, 7) is 0. The van der Waals surface area contributed by atoms with Crippen molar-refractivity contribution in [2.24, 2.45) is 5.92 Å². The number of benzene rings is 1. The van der Waals surface area contributed by atoms with E-state index in [1.165, 1.54) is 63.4 Å². The minimum atomic E-state index is 0.0916. The minimum absolute atomic E-state index is 0.0916. The Labute approximate surface area is 128 Å². The summed E-state index contributed by atoms with van der Waals surface area (Å²) < 4.78 is 6.76. The van der Waals surface area contributed by atoms with Crippen LogP contribution in [0.1, 0.15) is 63.4 Å². The molecule has 1 aromatic carbocycles. The number of hydrogen-bond donors (Lipinski definition) is 0. The second-order valence-corrected chi connectivity index (χ2v) is 7.19. The third kappa shape index (κ3) is 2.57. The highest BCUT2D eigenvalue weighted by Crippen LogP contribution is 2.50. The topological polar surface area (TPSA) is 9.23 Å². The molecular formula is C20H26O. The lowest BCUT2D eigenvalue weighted by Crippen LogP contribution is -2.46. The second kappa shape index (κ2) is 5.61. The largest absolute Gasteiger partial charge is 0.367 e. The molecule has 4 rings (SSSR count). The van der Waals surface area contributed by atoms with Gasteiger partial charge in [-0.2, -0.15) is 0 Å². The fraction of sp³-hybridized carbons (Fsp3) is 0.600. The third-order valence-corrected chi connectivity index (χ3v) is 5.84. The smallest absolute Gasteiger partial charge is 0.0898 e. The lowest BCUT2D eigenvalue weighted by molar-refractivity contribution is -0.128. The van der Waals surface area contributed by atoms with Gasteiger partial charge in [-0.05, 0) is 49.2 Å². The molecule has 1 aliphatic heterocycles. The number of hydrogen-bond acceptors (Lipinski definition) is 1. The summed E-state index contributed by atoms with van der Waals surface area (Å²) in [4.78, 5) is 0. The molecule has 112 valence electrons. The van der Waals surface area contributed by atoms with Crippen LogP contribution in [0.4, 0.5) is 0 Å². The second-order valence-electron chi connectivity index (χ2n) is 7.19. The maximum Gasteiger partial charge on any atom is 0.0898 e. The quantitative estimate of drug-likeness (QED) is 0.673. The van der Waals surface area contributed by atoms with E-state index in [1.807, 2.05) is 0 Å². The van der Waals surface area contributed by atoms with Gasteiger partial charge in [0, 0.05) is 0 Å². The molecule has 0 unspecified atom stereocenters. The van der Waals surface area contributed by atoms with E-state index < -0.39 is 0 Å². The van der Waals surface area contributed by atoms with Gasteiger partial charge in [0.1, 0.15) is 0 Å². The SMILES string of the molecule is C(=C1/C[C@H]2CCCC[C@@H]2OC12CCCC2)/c1ccccc1. The Balaban J connectivity index is 1.67. The molecule has 21 heavy (non-hydrogen) atoms. The first-order chi connectivity index (χ1) is 10.4. The Morgan fingerprint density at radius 1 is 0.952 bits per heavy atom. The molecule has 2 aliphatic carbocycles. The van der Waals surface area contributed by atoms with Gasteiger partial charge in [-0.1, -0.05) is 62.1 Å². The van der Waals surface area contributed by atoms with Crippen molar-refractivity contribution in [2.75, 3.05) is 0 Å². The summed E-state index contributed by atoms with van der Waals surface area (Å²) in [7, 11) is 0. The molecule has 0 radical (unpaired) electrons. The molecule has 3 fully saturated rings. The molecule has 1 heteroatoms. The van der Waals surface area contributed by atoms with E-state index in [-0.39, 0.29) is 5.60 Å². The summed E-state index contributed by atoms with van der Waals surface area (Å²) in [6.07, 6.45) is 14.9. The molecule has 2 saturated carbocycles. The van der Waals surface area contributed by atoms with Crippen LogP contribution in [-0.2, 0) is 4.74 Å². The highest BCUT2D eigenvalue weighted by molar-refractivity contribution is 5.55. The van der Waals surface area contributed by atoms with Crippen LogP contribution in [0.15, 0.2) is 35.9 Å². The zero-order valence-corrected chi connectivity index (χ0v) is 12.9. The number of ether oxygens (including phenoxy) is 1. The van der Waals surface area contributed by atoms with E-state index in [2.05, 4.69) is 36.4 Å². The van der Waals surface area contributed by atoms with Crippen LogP contribution in [-0.4, -0.2) is 11.7 Å². The first-order valence-corrected chi connectivity index (χ1v) is 8.80. The molecule has 2 atom stereocenters. The van der Waals surface area contributed by atoms with E-state index >= 15 is 0 Å². The number of fused-ring (bicyclic) bond motifs is 1. The van der Waals surface area contributed by atoms with Crippen LogP contribution in [0.3, 0.4) is 0 Å². The van der Waals surface area contributed by atoms with E-state index in [1.54, 1.807) is 5.57 Å². The summed E-state index contributed by atoms with van der Waals surface area (Å²) in [5.74, 6) is 0.778. The highest BCUT2D eigenvalue weighted by atomic mass is 16.5. The zero-order valence-electron chi connectivity index (χ0n) is 12.9. The fourth-order valence-corrected chi connectivity index (χ4v) is 4.72. The lowest BCUT2D eigenvalue weighted by atomic mass is 9.73. The van der Waals surface area contributed by atoms with Crippen molar-refractivity contribution >= 4 is 6.08 Å². The first-order valence-electron chi connectivity index (χ1n) is 8.80. The average molecular weight is 282 g/mol. The predicted octanol–water partition coefficient (Wildman–Crippen LogP) is 5.36. The Bertz CT molecular complexity index is 510. The van der Waals surface area contributed by atoms with Gasteiger partial charge in [0.15, 0.2) is 0 Å². The van der Waals surface area contributed by atoms with Crippen LogP contribution in [0, 0.1) is 5.92 Å². The number of rotatable bonds is 1. The lowest BCUT2D eigenvalue weighted by Gasteiger charge is -2.47. The van der Waals surface area contributed by atoms with Gasteiger partial charge in [0.25, 0.3) is 0 Å². The molecule has 0 bridgehead atoms. The highest BCUT2D eigenvalue weighted by Gasteiger charge is 2.47. The fourth-order valence-electron chi connectivity index (χ4n) is 4.72. The first kappa shape index (κ1) is 13.6. The van der Waals surface area contributed by atoms with Gasteiger partial charge < -0.3 is 4.74 Å². The third-order valence-electron chi connectivity index (χ3n) is 5.84. The molecule has 1 heterocycles. The van der Waals surface area contributed by atoms with E-state index in [9.17, 15) is 0 Å². The van der Waals surface area contributed by atoms with Crippen LogP contribution < -0.4 is 0 Å². The van der Waals surface area contributed by atoms with Gasteiger partial charge in [0.2, 0.25) is 0 Å². The van der Waals surface area contributed by atoms with Crippen molar-refractivity contribution < 1.29 is 4.74 Å². The molecule has 1 aromatic rings. The van der Waals surface area contributed by atoms with Crippen LogP contribution in [0.25, 0.3) is 6.08 Å². The van der Waals surface area contributed by atoms with E-state index in [4.69, 9.17) is 4.74 Å². The van der Waals surface area contributed by atoms with Crippen molar-refractivity contribution in [2.45, 2.75) is 69.5 Å². The van der Waals surface area contributed by atoms with Crippen molar-refractivity contribution in [3.8, 4) is 0 Å². The summed E-state index contributed by atoms with van der Waals surface area (Å²) >= 11 is 0. The molecule has 3 aliphatic rings. The molecule has 0 N–H and O–H groups in total. The van der Waals surface area contributed by atoms with Gasteiger partial charge in [-0.3, -0.25) is 0 Å². The maximum atomic E-state index is 6.76. The standard InChI is InChI=1S/C20H26O/c1-2-8-16(9-3-1)14-18-15-17-10-4-5-11-19(17)21-20(18)12-6-7-13-20/h1-3,8-9,14,17,19H,4-7,10-13,15H2/b18-14+/t17-,19+/m1/s1. The molecule has 1 saturated heterocycles. The summed E-state index contributed by atoms with van der Waals surface area (Å²) in [5, 5.41) is 0. The molecule has 1 nitrogen and oxygen atoms in total. The normalized spacial score (nSPS) is 33.2. The monoisotopic (exact) mass is 282 g/mol. The van der Waals surface area contributed by atoms with Gasteiger partial charge in [-0.15, -0.1) is 0 Å². The van der Waals surface area contributed by atoms with Crippen LogP contribution >= 0.6 is 0 Å². The minimum Gasteiger partial charge on any atom is -0.367 e. The van der Waals surface area contributed by atoms with Gasteiger partial charge in [0.05, 0.1) is 11.7 Å². The Morgan fingerprint density at radius 2 is 1.71 bits per heavy atom. The molecule has 0 aromatic heterocycles. The van der Waals surface area contributed by atoms with E-state index in [0.29, 0.717) is 6.10 Å². The molecule has 1 spiro atoms. The van der Waals surface area contributed by atoms with Crippen molar-refractivity contribution in [1.82, 2.24) is 0 Å². The van der Waals surface area contributed by atoms with Crippen molar-refractivity contribution in [3.05, 3.63) is 41.5 Å². The van der Waals surface area contributed by atoms with Crippen molar-refractivity contribution in [1.29, 1.82) is 0 Å². The van der Waals surface area contributed by atoms with Gasteiger partial charge >= 0.3 is 0 Å². The summed E-state index contributed by atoms with van der Waals surface area (Å²) in [6, 6.07) is 10.8. The molecular weight excluding hydrogens is 256 g/mol. The Hall–Kier alpha value is -1.08. The zero-order chi connectivity index (χ0) is 14.1. The van der Waals surface area contributed by atoms with E-state index in [0.717, 1.165) is 5.92 Å². The maximum absolute atomic E-state index is 6.76.